The quantitative estimate of drug-likeness (QED) is 0.0213. The summed E-state index contributed by atoms with van der Waals surface area (Å²) in [7, 11) is 1.67. The molecule has 0 saturated heterocycles. The fraction of sp³-hybridized carbons (Fsp3) is 0.810. The van der Waals surface area contributed by atoms with Crippen molar-refractivity contribution in [2.24, 2.45) is 0 Å². The van der Waals surface area contributed by atoms with Crippen molar-refractivity contribution < 1.29 is 37.3 Å². The van der Waals surface area contributed by atoms with E-state index in [0.717, 1.165) is 57.8 Å². The van der Waals surface area contributed by atoms with E-state index in [4.69, 9.17) is 18.5 Å². The van der Waals surface area contributed by atoms with Gasteiger partial charge in [-0.1, -0.05) is 222 Å². The lowest BCUT2D eigenvalue weighted by molar-refractivity contribution is -0.870. The van der Waals surface area contributed by atoms with Crippen LogP contribution >= 0.6 is 7.82 Å². The molecule has 0 saturated carbocycles. The van der Waals surface area contributed by atoms with Gasteiger partial charge in [-0.3, -0.25) is 13.8 Å². The first-order chi connectivity index (χ1) is 32.6. The minimum Gasteiger partial charge on any atom is -0.457 e. The lowest BCUT2D eigenvalue weighted by Gasteiger charge is -2.24. The summed E-state index contributed by atoms with van der Waals surface area (Å²) in [6.07, 6.45) is 65.6. The van der Waals surface area contributed by atoms with Crippen LogP contribution in [-0.4, -0.2) is 75.6 Å². The Kier molecular flexibility index (Phi) is 49.2. The van der Waals surface area contributed by atoms with Gasteiger partial charge in [0.25, 0.3) is 0 Å². The number of carbonyl (C=O) groups is 1. The first-order valence-electron chi connectivity index (χ1n) is 28.0. The second-order valence-electron chi connectivity index (χ2n) is 19.9. The van der Waals surface area contributed by atoms with E-state index < -0.39 is 13.9 Å². The third-order valence-electron chi connectivity index (χ3n) is 12.1. The SMILES string of the molecule is CC/C=C\C/C=C\C/C=C\C/C=C\CCCCCCCCCCCCCCCOCC(COP(=O)(O)OCC[N+](C)(C)C)OC(=O)CCCCCCCCCCC/C=C\CCCCCCCC. The smallest absolute Gasteiger partial charge is 0.457 e. The number of carbonyl (C=O) groups excluding carboxylic acids is 1. The van der Waals surface area contributed by atoms with Crippen LogP contribution in [-0.2, 0) is 27.9 Å². The van der Waals surface area contributed by atoms with Gasteiger partial charge in [-0.05, 0) is 77.0 Å². The molecule has 9 heteroatoms. The third kappa shape index (κ3) is 55.0. The predicted molar refractivity (Wildman–Crippen MR) is 289 cm³/mol. The van der Waals surface area contributed by atoms with E-state index in [0.29, 0.717) is 24.1 Å². The molecular formula is C58H109NO7P+. The number of unbranched alkanes of at least 4 members (excludes halogenated alkanes) is 28. The number of hydrogen-bond donors (Lipinski definition) is 1. The van der Waals surface area contributed by atoms with E-state index >= 15 is 0 Å². The van der Waals surface area contributed by atoms with E-state index in [9.17, 15) is 14.3 Å². The summed E-state index contributed by atoms with van der Waals surface area (Å²) in [6.45, 7) is 5.53. The fourth-order valence-electron chi connectivity index (χ4n) is 7.78. The van der Waals surface area contributed by atoms with Crippen molar-refractivity contribution >= 4 is 13.8 Å². The second kappa shape index (κ2) is 50.6. The molecule has 0 heterocycles. The monoisotopic (exact) mass is 963 g/mol. The highest BCUT2D eigenvalue weighted by Gasteiger charge is 2.26. The Bertz CT molecular complexity index is 1260. The Morgan fingerprint density at radius 1 is 0.478 bits per heavy atom. The van der Waals surface area contributed by atoms with E-state index in [1.165, 1.54) is 167 Å². The van der Waals surface area contributed by atoms with E-state index in [1.807, 2.05) is 21.1 Å². The van der Waals surface area contributed by atoms with Gasteiger partial charge in [0, 0.05) is 13.0 Å². The summed E-state index contributed by atoms with van der Waals surface area (Å²) in [5.74, 6) is -0.314. The minimum atomic E-state index is -4.29. The zero-order valence-electron chi connectivity index (χ0n) is 44.6. The summed E-state index contributed by atoms with van der Waals surface area (Å²) in [5, 5.41) is 0. The Hall–Kier alpha value is -1.80. The molecule has 0 bridgehead atoms. The first kappa shape index (κ1) is 65.2. The molecule has 0 aliphatic heterocycles. The highest BCUT2D eigenvalue weighted by atomic mass is 31.2. The van der Waals surface area contributed by atoms with Crippen LogP contribution in [0.1, 0.15) is 245 Å². The number of allylic oxidation sites excluding steroid dienone is 10. The molecule has 0 aromatic carbocycles. The summed E-state index contributed by atoms with van der Waals surface area (Å²) in [6, 6.07) is 0. The molecule has 0 radical (unpaired) electrons. The number of likely N-dealkylation sites (N-methyl/N-ethyl adjacent to an activating group) is 1. The molecule has 1 N–H and O–H groups in total. The van der Waals surface area contributed by atoms with Crippen molar-refractivity contribution in [1.29, 1.82) is 0 Å². The lowest BCUT2D eigenvalue weighted by atomic mass is 10.0. The van der Waals surface area contributed by atoms with Crippen LogP contribution in [0.25, 0.3) is 0 Å². The molecule has 392 valence electrons. The average Bonchev–Trinajstić information content (AvgIpc) is 3.29. The van der Waals surface area contributed by atoms with Crippen molar-refractivity contribution in [2.45, 2.75) is 251 Å². The third-order valence-corrected chi connectivity index (χ3v) is 13.0. The molecule has 8 nitrogen and oxygen atoms in total. The molecule has 0 aromatic rings. The molecule has 0 amide bonds. The van der Waals surface area contributed by atoms with Crippen LogP contribution in [0.15, 0.2) is 60.8 Å². The fourth-order valence-corrected chi connectivity index (χ4v) is 8.52. The van der Waals surface area contributed by atoms with Gasteiger partial charge in [-0.25, -0.2) is 4.57 Å². The van der Waals surface area contributed by atoms with E-state index in [1.54, 1.807) is 0 Å². The maximum Gasteiger partial charge on any atom is 0.472 e. The number of hydrogen-bond acceptors (Lipinski definition) is 6. The van der Waals surface area contributed by atoms with Crippen molar-refractivity contribution in [3.05, 3.63) is 60.8 Å². The Morgan fingerprint density at radius 2 is 0.866 bits per heavy atom. The van der Waals surface area contributed by atoms with Gasteiger partial charge in [0.15, 0.2) is 0 Å². The summed E-state index contributed by atoms with van der Waals surface area (Å²) in [4.78, 5) is 23.1. The standard InChI is InChI=1S/C58H108NO7P/c1-6-8-10-12-14-16-18-20-22-24-26-27-28-29-30-31-32-34-36-38-40-42-44-46-48-50-53-63-55-57(56-65-67(61,62)64-54-52-59(3,4)5)66-58(60)51-49-47-45-43-41-39-37-35-33-25-23-21-19-17-15-13-11-9-7-2/h8,10,14,16,20-23,26-27,57H,6-7,9,11-13,15,17-19,24-25,28-56H2,1-5H3/p+1/b10-8-,16-14-,22-20-,23-21-,27-26-. The number of esters is 1. The number of phosphoric ester groups is 1. The van der Waals surface area contributed by atoms with Crippen LogP contribution in [0.3, 0.4) is 0 Å². The van der Waals surface area contributed by atoms with E-state index in [2.05, 4.69) is 74.6 Å². The Balaban J connectivity index is 4.07. The maximum atomic E-state index is 12.8. The van der Waals surface area contributed by atoms with Crippen molar-refractivity contribution in [1.82, 2.24) is 0 Å². The molecule has 0 aliphatic carbocycles. The zero-order chi connectivity index (χ0) is 49.0. The molecule has 0 aromatic heterocycles. The summed E-state index contributed by atoms with van der Waals surface area (Å²) >= 11 is 0. The molecule has 0 fully saturated rings. The molecule has 0 spiro atoms. The van der Waals surface area contributed by atoms with Gasteiger partial charge in [0.1, 0.15) is 19.3 Å². The van der Waals surface area contributed by atoms with Crippen LogP contribution in [0.4, 0.5) is 0 Å². The molecule has 2 atom stereocenters. The molecule has 67 heavy (non-hydrogen) atoms. The Labute approximate surface area is 415 Å². The molecular weight excluding hydrogens is 854 g/mol. The highest BCUT2D eigenvalue weighted by molar-refractivity contribution is 7.47. The van der Waals surface area contributed by atoms with Crippen LogP contribution in [0, 0.1) is 0 Å². The second-order valence-corrected chi connectivity index (χ2v) is 21.4. The predicted octanol–water partition coefficient (Wildman–Crippen LogP) is 17.6. The number of ether oxygens (including phenoxy) is 2. The minimum absolute atomic E-state index is 0.0871. The van der Waals surface area contributed by atoms with Gasteiger partial charge < -0.3 is 18.9 Å². The van der Waals surface area contributed by atoms with Crippen molar-refractivity contribution in [3.8, 4) is 0 Å². The lowest BCUT2D eigenvalue weighted by Crippen LogP contribution is -2.37. The zero-order valence-corrected chi connectivity index (χ0v) is 45.5. The maximum absolute atomic E-state index is 12.8. The number of phosphoric acid groups is 1. The van der Waals surface area contributed by atoms with Crippen LogP contribution < -0.4 is 0 Å². The molecule has 0 aliphatic rings. The molecule has 2 unspecified atom stereocenters. The summed E-state index contributed by atoms with van der Waals surface area (Å²) in [5.41, 5.74) is 0. The number of nitrogens with zero attached hydrogens (tertiary/aromatic N) is 1. The Morgan fingerprint density at radius 3 is 1.31 bits per heavy atom. The van der Waals surface area contributed by atoms with Crippen LogP contribution in [0.5, 0.6) is 0 Å². The summed E-state index contributed by atoms with van der Waals surface area (Å²) < 4.78 is 35.2. The largest absolute Gasteiger partial charge is 0.472 e. The van der Waals surface area contributed by atoms with Gasteiger partial charge >= 0.3 is 13.8 Å². The number of rotatable bonds is 52. The normalized spacial score (nSPS) is 13.9. The van der Waals surface area contributed by atoms with Gasteiger partial charge in [-0.2, -0.15) is 0 Å². The topological polar surface area (TPSA) is 91.3 Å². The number of quaternary nitrogens is 1. The van der Waals surface area contributed by atoms with Gasteiger partial charge in [0.2, 0.25) is 0 Å². The highest BCUT2D eigenvalue weighted by Crippen LogP contribution is 2.43. The van der Waals surface area contributed by atoms with Gasteiger partial charge in [0.05, 0.1) is 34.4 Å². The first-order valence-corrected chi connectivity index (χ1v) is 29.5. The average molecular weight is 963 g/mol. The van der Waals surface area contributed by atoms with Gasteiger partial charge in [-0.15, -0.1) is 0 Å². The van der Waals surface area contributed by atoms with Crippen molar-refractivity contribution in [2.75, 3.05) is 54.1 Å². The molecule has 0 rings (SSSR count). The van der Waals surface area contributed by atoms with Crippen LogP contribution in [0.2, 0.25) is 0 Å². The van der Waals surface area contributed by atoms with Crippen molar-refractivity contribution in [3.63, 3.8) is 0 Å². The van der Waals surface area contributed by atoms with E-state index in [-0.39, 0.29) is 25.8 Å².